The molecule has 0 aromatic heterocycles. The number of carbonyl (C=O) groups excluding carboxylic acids is 1. The molecule has 3 rings (SSSR count). The number of nitrogens with zero attached hydrogens (tertiary/aromatic N) is 2. The van der Waals surface area contributed by atoms with Gasteiger partial charge in [0.2, 0.25) is 5.91 Å². The number of rotatable bonds is 4. The van der Waals surface area contributed by atoms with Crippen LogP contribution in [0.3, 0.4) is 0 Å². The van der Waals surface area contributed by atoms with Gasteiger partial charge in [0.05, 0.1) is 11.8 Å². The number of piperazine rings is 1. The van der Waals surface area contributed by atoms with Crippen molar-refractivity contribution in [2.24, 2.45) is 0 Å². The van der Waals surface area contributed by atoms with Crippen molar-refractivity contribution >= 4 is 24.0 Å². The number of nitrogens with one attached hydrogen (secondary N) is 1. The highest BCUT2D eigenvalue weighted by Crippen LogP contribution is 2.20. The maximum Gasteiger partial charge on any atom is 0.248 e. The number of benzene rings is 1. The molecule has 2 aliphatic rings. The van der Waals surface area contributed by atoms with E-state index in [4.69, 9.17) is 4.74 Å². The summed E-state index contributed by atoms with van der Waals surface area (Å²) in [6, 6.07) is 6.78. The van der Waals surface area contributed by atoms with Crippen LogP contribution in [0.2, 0.25) is 0 Å². The zero-order chi connectivity index (χ0) is 16.1. The molecule has 1 aromatic carbocycles. The topological polar surface area (TPSA) is 44.8 Å². The van der Waals surface area contributed by atoms with Crippen molar-refractivity contribution < 1.29 is 13.9 Å². The van der Waals surface area contributed by atoms with Crippen LogP contribution in [-0.4, -0.2) is 62.8 Å². The van der Waals surface area contributed by atoms with E-state index in [0.717, 1.165) is 25.9 Å². The summed E-state index contributed by atoms with van der Waals surface area (Å²) in [5, 5.41) is 3.28. The fraction of sp³-hybridized carbons (Fsp3) is 0.588. The van der Waals surface area contributed by atoms with E-state index >= 15 is 0 Å². The summed E-state index contributed by atoms with van der Waals surface area (Å²) in [7, 11) is 0. The van der Waals surface area contributed by atoms with Crippen LogP contribution in [0.25, 0.3) is 0 Å². The van der Waals surface area contributed by atoms with Gasteiger partial charge in [-0.25, -0.2) is 4.39 Å². The number of ether oxygens (including phenoxy) is 1. The number of halogens is 2. The maximum atomic E-state index is 13.8. The first-order chi connectivity index (χ1) is 11.2. The molecule has 0 saturated carbocycles. The molecule has 5 nitrogen and oxygen atoms in total. The van der Waals surface area contributed by atoms with Crippen LogP contribution in [0, 0.1) is 5.82 Å². The minimum absolute atomic E-state index is 0. The largest absolute Gasteiger partial charge is 0.368 e. The molecule has 0 spiro atoms. The molecule has 2 saturated heterocycles. The Balaban J connectivity index is 0.00000208. The lowest BCUT2D eigenvalue weighted by Gasteiger charge is -2.36. The third-order valence-electron chi connectivity index (χ3n) is 4.55. The summed E-state index contributed by atoms with van der Waals surface area (Å²) in [5.41, 5.74) is 0.616. The van der Waals surface area contributed by atoms with E-state index in [0.29, 0.717) is 31.9 Å². The molecule has 0 bridgehead atoms. The number of para-hydroxylation sites is 1. The van der Waals surface area contributed by atoms with Gasteiger partial charge in [-0.05, 0) is 38.1 Å². The summed E-state index contributed by atoms with van der Waals surface area (Å²) >= 11 is 0. The first kappa shape index (κ1) is 19.0. The standard InChI is InChI=1S/C17H24FN3O2.ClH/c18-15-3-1-2-4-16(15)20-9-11-21(12-10-20)17(22)13-23-14-5-7-19-8-6-14;/h1-4,14,19H,5-13H2;1H. The van der Waals surface area contributed by atoms with Gasteiger partial charge in [-0.1, -0.05) is 12.1 Å². The summed E-state index contributed by atoms with van der Waals surface area (Å²) in [5.74, 6) is -0.168. The molecule has 0 atom stereocenters. The van der Waals surface area contributed by atoms with Gasteiger partial charge in [0.15, 0.2) is 0 Å². The highest BCUT2D eigenvalue weighted by Gasteiger charge is 2.23. The van der Waals surface area contributed by atoms with Gasteiger partial charge in [0.25, 0.3) is 0 Å². The van der Waals surface area contributed by atoms with Crippen molar-refractivity contribution in [1.82, 2.24) is 10.2 Å². The minimum atomic E-state index is -0.207. The molecular formula is C17H25ClFN3O2. The van der Waals surface area contributed by atoms with Crippen molar-refractivity contribution in [3.05, 3.63) is 30.1 Å². The average molecular weight is 358 g/mol. The molecule has 7 heteroatoms. The summed E-state index contributed by atoms with van der Waals surface area (Å²) in [6.07, 6.45) is 2.13. The fourth-order valence-corrected chi connectivity index (χ4v) is 3.15. The van der Waals surface area contributed by atoms with Crippen molar-refractivity contribution in [3.63, 3.8) is 0 Å². The third-order valence-corrected chi connectivity index (χ3v) is 4.55. The maximum absolute atomic E-state index is 13.8. The highest BCUT2D eigenvalue weighted by atomic mass is 35.5. The third kappa shape index (κ3) is 4.82. The highest BCUT2D eigenvalue weighted by molar-refractivity contribution is 5.85. The average Bonchev–Trinajstić information content (AvgIpc) is 2.61. The molecular weight excluding hydrogens is 333 g/mol. The molecule has 24 heavy (non-hydrogen) atoms. The van der Waals surface area contributed by atoms with E-state index in [1.165, 1.54) is 6.07 Å². The normalized spacial score (nSPS) is 19.0. The Labute approximate surface area is 148 Å². The lowest BCUT2D eigenvalue weighted by molar-refractivity contribution is -0.139. The van der Waals surface area contributed by atoms with Crippen LogP contribution < -0.4 is 10.2 Å². The van der Waals surface area contributed by atoms with Gasteiger partial charge in [-0.15, -0.1) is 12.4 Å². The van der Waals surface area contributed by atoms with Crippen LogP contribution in [0.4, 0.5) is 10.1 Å². The monoisotopic (exact) mass is 357 g/mol. The Morgan fingerprint density at radius 1 is 1.17 bits per heavy atom. The van der Waals surface area contributed by atoms with Crippen LogP contribution in [0.1, 0.15) is 12.8 Å². The zero-order valence-electron chi connectivity index (χ0n) is 13.7. The molecule has 0 aliphatic carbocycles. The Morgan fingerprint density at radius 3 is 2.50 bits per heavy atom. The second-order valence-corrected chi connectivity index (χ2v) is 6.08. The molecule has 1 N–H and O–H groups in total. The number of hydrogen-bond donors (Lipinski definition) is 1. The predicted molar refractivity (Wildman–Crippen MR) is 94.3 cm³/mol. The van der Waals surface area contributed by atoms with E-state index < -0.39 is 0 Å². The second-order valence-electron chi connectivity index (χ2n) is 6.08. The Kier molecular flexibility index (Phi) is 7.27. The van der Waals surface area contributed by atoms with Crippen molar-refractivity contribution in [3.8, 4) is 0 Å². The number of anilines is 1. The summed E-state index contributed by atoms with van der Waals surface area (Å²) in [4.78, 5) is 16.1. The van der Waals surface area contributed by atoms with E-state index in [1.54, 1.807) is 12.1 Å². The first-order valence-electron chi connectivity index (χ1n) is 8.33. The molecule has 1 amide bonds. The molecule has 2 heterocycles. The van der Waals surface area contributed by atoms with E-state index in [2.05, 4.69) is 5.32 Å². The Bertz CT molecular complexity index is 532. The summed E-state index contributed by atoms with van der Waals surface area (Å²) < 4.78 is 19.5. The molecule has 134 valence electrons. The smallest absolute Gasteiger partial charge is 0.248 e. The van der Waals surface area contributed by atoms with Gasteiger partial charge in [0.1, 0.15) is 12.4 Å². The van der Waals surface area contributed by atoms with Gasteiger partial charge < -0.3 is 19.9 Å². The van der Waals surface area contributed by atoms with E-state index in [1.807, 2.05) is 15.9 Å². The predicted octanol–water partition coefficient (Wildman–Crippen LogP) is 1.66. The number of carbonyl (C=O) groups is 1. The van der Waals surface area contributed by atoms with Gasteiger partial charge in [-0.3, -0.25) is 4.79 Å². The van der Waals surface area contributed by atoms with Gasteiger partial charge in [-0.2, -0.15) is 0 Å². The Morgan fingerprint density at radius 2 is 1.83 bits per heavy atom. The molecule has 2 fully saturated rings. The van der Waals surface area contributed by atoms with Gasteiger partial charge >= 0.3 is 0 Å². The van der Waals surface area contributed by atoms with Crippen molar-refractivity contribution in [2.45, 2.75) is 18.9 Å². The number of amides is 1. The van der Waals surface area contributed by atoms with Gasteiger partial charge in [0, 0.05) is 26.2 Å². The summed E-state index contributed by atoms with van der Waals surface area (Å²) in [6.45, 7) is 4.61. The Hall–Kier alpha value is -1.37. The van der Waals surface area contributed by atoms with Crippen LogP contribution in [-0.2, 0) is 9.53 Å². The van der Waals surface area contributed by atoms with Crippen molar-refractivity contribution in [2.75, 3.05) is 50.8 Å². The lowest BCUT2D eigenvalue weighted by atomic mass is 10.1. The van der Waals surface area contributed by atoms with E-state index in [9.17, 15) is 9.18 Å². The quantitative estimate of drug-likeness (QED) is 0.890. The number of hydrogen-bond acceptors (Lipinski definition) is 4. The lowest BCUT2D eigenvalue weighted by Crippen LogP contribution is -2.50. The molecule has 1 aromatic rings. The van der Waals surface area contributed by atoms with E-state index in [-0.39, 0.29) is 36.8 Å². The number of piperidine rings is 1. The first-order valence-corrected chi connectivity index (χ1v) is 8.33. The molecule has 0 radical (unpaired) electrons. The van der Waals surface area contributed by atoms with Crippen LogP contribution in [0.5, 0.6) is 0 Å². The molecule has 2 aliphatic heterocycles. The SMILES string of the molecule is Cl.O=C(COC1CCNCC1)N1CCN(c2ccccc2F)CC1. The second kappa shape index (κ2) is 9.20. The van der Waals surface area contributed by atoms with Crippen molar-refractivity contribution in [1.29, 1.82) is 0 Å². The minimum Gasteiger partial charge on any atom is -0.368 e. The van der Waals surface area contributed by atoms with Crippen LogP contribution in [0.15, 0.2) is 24.3 Å². The fourth-order valence-electron chi connectivity index (χ4n) is 3.15. The zero-order valence-corrected chi connectivity index (χ0v) is 14.6. The molecule has 0 unspecified atom stereocenters. The van der Waals surface area contributed by atoms with Crippen LogP contribution >= 0.6 is 12.4 Å².